The molecule has 0 aliphatic carbocycles. The number of hydrogen-bond acceptors (Lipinski definition) is 3. The average Bonchev–Trinajstić information content (AvgIpc) is 2.95. The van der Waals surface area contributed by atoms with Crippen LogP contribution in [0.4, 0.5) is 13.2 Å². The summed E-state index contributed by atoms with van der Waals surface area (Å²) in [6.07, 6.45) is -4.41. The van der Waals surface area contributed by atoms with Gasteiger partial charge in [0.25, 0.3) is 5.91 Å². The zero-order valence-corrected chi connectivity index (χ0v) is 17.2. The lowest BCUT2D eigenvalue weighted by molar-refractivity contribution is -0.139. The van der Waals surface area contributed by atoms with Crippen LogP contribution in [0.3, 0.4) is 0 Å². The predicted molar refractivity (Wildman–Crippen MR) is 109 cm³/mol. The van der Waals surface area contributed by atoms with Crippen LogP contribution in [0.2, 0.25) is 0 Å². The zero-order valence-electron chi connectivity index (χ0n) is 17.2. The molecule has 1 atom stereocenters. The molecule has 2 heterocycles. The van der Waals surface area contributed by atoms with Gasteiger partial charge in [0.05, 0.1) is 18.0 Å². The minimum Gasteiger partial charge on any atom is -0.345 e. The minimum atomic E-state index is -4.50. The topological polar surface area (TPSA) is 69.7 Å². The van der Waals surface area contributed by atoms with Crippen molar-refractivity contribution in [3.63, 3.8) is 0 Å². The number of amides is 3. The van der Waals surface area contributed by atoms with Crippen molar-refractivity contribution < 1.29 is 27.6 Å². The highest BCUT2D eigenvalue weighted by molar-refractivity contribution is 5.99. The first-order valence-corrected chi connectivity index (χ1v) is 10.3. The van der Waals surface area contributed by atoms with Crippen LogP contribution in [0.1, 0.15) is 45.9 Å². The molecule has 32 heavy (non-hydrogen) atoms. The fraction of sp³-hybridized carbons (Fsp3) is 0.348. The van der Waals surface area contributed by atoms with Crippen LogP contribution < -0.4 is 5.32 Å². The quantitative estimate of drug-likeness (QED) is 0.786. The number of rotatable bonds is 4. The molecular formula is C23H22F3N3O3. The first-order chi connectivity index (χ1) is 15.2. The molecule has 2 aliphatic rings. The standard InChI is InChI=1S/C23H22F3N3O3/c24-23(25,26)18-8-4-1-5-15(18)14-29-12-11-28(10-9-20(29)30)21(31)13-19-16-6-2-3-7-17(16)22(32)27-19/h1-8,19H,9-14H2,(H,27,32)/t19-/m1/s1. The fourth-order valence-electron chi connectivity index (χ4n) is 4.21. The Labute approximate surface area is 183 Å². The van der Waals surface area contributed by atoms with E-state index in [1.807, 2.05) is 0 Å². The molecule has 3 amide bonds. The number of fused-ring (bicyclic) bond motifs is 1. The van der Waals surface area contributed by atoms with Crippen LogP contribution in [-0.4, -0.2) is 47.2 Å². The summed E-state index contributed by atoms with van der Waals surface area (Å²) in [5.74, 6) is -0.729. The second-order valence-corrected chi connectivity index (χ2v) is 7.92. The maximum absolute atomic E-state index is 13.3. The molecule has 0 aromatic heterocycles. The third-order valence-electron chi connectivity index (χ3n) is 5.89. The van der Waals surface area contributed by atoms with Gasteiger partial charge in [-0.3, -0.25) is 14.4 Å². The Balaban J connectivity index is 1.41. The van der Waals surface area contributed by atoms with Gasteiger partial charge < -0.3 is 15.1 Å². The second kappa shape index (κ2) is 8.64. The SMILES string of the molecule is O=C1N[C@H](CC(=O)N2CCC(=O)N(Cc3ccccc3C(F)(F)F)CC2)c2ccccc21. The molecule has 2 aliphatic heterocycles. The summed E-state index contributed by atoms with van der Waals surface area (Å²) in [5, 5.41) is 2.81. The molecule has 4 rings (SSSR count). The van der Waals surface area contributed by atoms with Gasteiger partial charge in [-0.2, -0.15) is 13.2 Å². The number of hydrogen-bond donors (Lipinski definition) is 1. The molecule has 1 fully saturated rings. The number of nitrogens with one attached hydrogen (secondary N) is 1. The Hall–Kier alpha value is -3.36. The minimum absolute atomic E-state index is 0.0263. The molecule has 2 aromatic rings. The van der Waals surface area contributed by atoms with E-state index >= 15 is 0 Å². The summed E-state index contributed by atoms with van der Waals surface area (Å²) < 4.78 is 39.9. The van der Waals surface area contributed by atoms with E-state index in [1.54, 1.807) is 29.2 Å². The molecule has 0 bridgehead atoms. The van der Waals surface area contributed by atoms with E-state index in [4.69, 9.17) is 0 Å². The van der Waals surface area contributed by atoms with Crippen molar-refractivity contribution in [2.24, 2.45) is 0 Å². The molecule has 1 N–H and O–H groups in total. The maximum Gasteiger partial charge on any atom is 0.416 e. The van der Waals surface area contributed by atoms with Gasteiger partial charge in [-0.25, -0.2) is 0 Å². The Morgan fingerprint density at radius 2 is 1.72 bits per heavy atom. The summed E-state index contributed by atoms with van der Waals surface area (Å²) in [5.41, 5.74) is 0.576. The van der Waals surface area contributed by atoms with Crippen molar-refractivity contribution in [3.05, 3.63) is 70.8 Å². The van der Waals surface area contributed by atoms with E-state index < -0.39 is 17.8 Å². The summed E-state index contributed by atoms with van der Waals surface area (Å²) in [6.45, 7) is 0.394. The van der Waals surface area contributed by atoms with Crippen LogP contribution in [0.25, 0.3) is 0 Å². The number of nitrogens with zero attached hydrogens (tertiary/aromatic N) is 2. The van der Waals surface area contributed by atoms with Gasteiger partial charge in [-0.1, -0.05) is 36.4 Å². The van der Waals surface area contributed by atoms with Crippen molar-refractivity contribution in [3.8, 4) is 0 Å². The second-order valence-electron chi connectivity index (χ2n) is 7.92. The number of halogens is 3. The highest BCUT2D eigenvalue weighted by Gasteiger charge is 2.35. The van der Waals surface area contributed by atoms with Crippen LogP contribution in [0.15, 0.2) is 48.5 Å². The highest BCUT2D eigenvalue weighted by atomic mass is 19.4. The Morgan fingerprint density at radius 3 is 2.50 bits per heavy atom. The van der Waals surface area contributed by atoms with Crippen molar-refractivity contribution in [2.45, 2.75) is 31.6 Å². The van der Waals surface area contributed by atoms with Crippen molar-refractivity contribution >= 4 is 17.7 Å². The number of carbonyl (C=O) groups is 3. The molecule has 0 radical (unpaired) electrons. The van der Waals surface area contributed by atoms with E-state index in [2.05, 4.69) is 5.32 Å². The van der Waals surface area contributed by atoms with Crippen LogP contribution >= 0.6 is 0 Å². The van der Waals surface area contributed by atoms with Gasteiger partial charge in [0.2, 0.25) is 11.8 Å². The molecular weight excluding hydrogens is 423 g/mol. The lowest BCUT2D eigenvalue weighted by Gasteiger charge is -2.24. The van der Waals surface area contributed by atoms with Gasteiger partial charge >= 0.3 is 6.18 Å². The first-order valence-electron chi connectivity index (χ1n) is 10.3. The summed E-state index contributed by atoms with van der Waals surface area (Å²) in [6, 6.07) is 11.8. The van der Waals surface area contributed by atoms with Crippen molar-refractivity contribution in [1.82, 2.24) is 15.1 Å². The Bertz CT molecular complexity index is 1050. The van der Waals surface area contributed by atoms with Crippen molar-refractivity contribution in [2.75, 3.05) is 19.6 Å². The van der Waals surface area contributed by atoms with Gasteiger partial charge in [-0.05, 0) is 23.3 Å². The Kier molecular flexibility index (Phi) is 5.90. The smallest absolute Gasteiger partial charge is 0.345 e. The van der Waals surface area contributed by atoms with Gasteiger partial charge in [0.15, 0.2) is 0 Å². The number of carbonyl (C=O) groups excluding carboxylic acids is 3. The first kappa shape index (κ1) is 21.9. The van der Waals surface area contributed by atoms with E-state index in [9.17, 15) is 27.6 Å². The Morgan fingerprint density at radius 1 is 1.00 bits per heavy atom. The van der Waals surface area contributed by atoms with Gasteiger partial charge in [-0.15, -0.1) is 0 Å². The molecule has 0 unspecified atom stereocenters. The fourth-order valence-corrected chi connectivity index (χ4v) is 4.21. The third kappa shape index (κ3) is 4.46. The normalized spacial score (nSPS) is 18.9. The molecule has 9 heteroatoms. The average molecular weight is 445 g/mol. The molecule has 1 saturated heterocycles. The number of benzene rings is 2. The van der Waals surface area contributed by atoms with Crippen LogP contribution in [0, 0.1) is 0 Å². The van der Waals surface area contributed by atoms with Gasteiger partial charge in [0.1, 0.15) is 0 Å². The molecule has 6 nitrogen and oxygen atoms in total. The van der Waals surface area contributed by atoms with E-state index in [0.29, 0.717) is 5.56 Å². The summed E-state index contributed by atoms with van der Waals surface area (Å²) >= 11 is 0. The molecule has 0 spiro atoms. The maximum atomic E-state index is 13.3. The van der Waals surface area contributed by atoms with Crippen molar-refractivity contribution in [1.29, 1.82) is 0 Å². The molecule has 168 valence electrons. The van der Waals surface area contributed by atoms with E-state index in [1.165, 1.54) is 23.1 Å². The molecule has 2 aromatic carbocycles. The monoisotopic (exact) mass is 445 g/mol. The lowest BCUT2D eigenvalue weighted by Crippen LogP contribution is -2.37. The van der Waals surface area contributed by atoms with Gasteiger partial charge in [0, 0.05) is 38.2 Å². The van der Waals surface area contributed by atoms with E-state index in [-0.39, 0.29) is 62.3 Å². The largest absolute Gasteiger partial charge is 0.416 e. The molecule has 0 saturated carbocycles. The van der Waals surface area contributed by atoms with Crippen LogP contribution in [0.5, 0.6) is 0 Å². The third-order valence-corrected chi connectivity index (χ3v) is 5.89. The van der Waals surface area contributed by atoms with Crippen LogP contribution in [-0.2, 0) is 22.3 Å². The zero-order chi connectivity index (χ0) is 22.9. The predicted octanol–water partition coefficient (Wildman–Crippen LogP) is 3.14. The summed E-state index contributed by atoms with van der Waals surface area (Å²) in [4.78, 5) is 40.4. The van der Waals surface area contributed by atoms with E-state index in [0.717, 1.165) is 11.6 Å². The number of alkyl halides is 3. The highest BCUT2D eigenvalue weighted by Crippen LogP contribution is 2.33. The lowest BCUT2D eigenvalue weighted by atomic mass is 10.0. The summed E-state index contributed by atoms with van der Waals surface area (Å²) in [7, 11) is 0.